The van der Waals surface area contributed by atoms with Gasteiger partial charge < -0.3 is 10.3 Å². The van der Waals surface area contributed by atoms with E-state index in [4.69, 9.17) is 0 Å². The SMILES string of the molecule is O=C(NCC1(c2ccccc2)CC1)c1cc2ccc(Br)cc2[nH]1. The van der Waals surface area contributed by atoms with E-state index in [2.05, 4.69) is 50.5 Å². The van der Waals surface area contributed by atoms with Crippen molar-refractivity contribution in [1.82, 2.24) is 10.3 Å². The highest BCUT2D eigenvalue weighted by atomic mass is 79.9. The van der Waals surface area contributed by atoms with Gasteiger partial charge in [-0.05, 0) is 36.6 Å². The van der Waals surface area contributed by atoms with Gasteiger partial charge in [0.25, 0.3) is 5.91 Å². The molecule has 116 valence electrons. The van der Waals surface area contributed by atoms with E-state index in [-0.39, 0.29) is 11.3 Å². The van der Waals surface area contributed by atoms with E-state index >= 15 is 0 Å². The Bertz CT molecular complexity index is 865. The van der Waals surface area contributed by atoms with Crippen LogP contribution in [0.4, 0.5) is 0 Å². The molecule has 4 heteroatoms. The van der Waals surface area contributed by atoms with Crippen LogP contribution in [0.25, 0.3) is 10.9 Å². The van der Waals surface area contributed by atoms with E-state index in [9.17, 15) is 4.79 Å². The van der Waals surface area contributed by atoms with Crippen molar-refractivity contribution in [2.24, 2.45) is 0 Å². The van der Waals surface area contributed by atoms with Crippen molar-refractivity contribution >= 4 is 32.7 Å². The maximum atomic E-state index is 12.5. The van der Waals surface area contributed by atoms with Crippen LogP contribution in [0.1, 0.15) is 28.9 Å². The van der Waals surface area contributed by atoms with Crippen LogP contribution >= 0.6 is 15.9 Å². The van der Waals surface area contributed by atoms with E-state index in [1.165, 1.54) is 5.56 Å². The quantitative estimate of drug-likeness (QED) is 0.704. The van der Waals surface area contributed by atoms with Gasteiger partial charge in [0.15, 0.2) is 0 Å². The number of hydrogen-bond donors (Lipinski definition) is 2. The predicted octanol–water partition coefficient (Wildman–Crippen LogP) is 4.39. The van der Waals surface area contributed by atoms with Crippen molar-refractivity contribution in [3.63, 3.8) is 0 Å². The molecule has 23 heavy (non-hydrogen) atoms. The molecule has 0 spiro atoms. The Labute approximate surface area is 143 Å². The van der Waals surface area contributed by atoms with Crippen molar-refractivity contribution in [2.45, 2.75) is 18.3 Å². The summed E-state index contributed by atoms with van der Waals surface area (Å²) in [5.41, 5.74) is 3.03. The van der Waals surface area contributed by atoms with Gasteiger partial charge in [0.05, 0.1) is 0 Å². The lowest BCUT2D eigenvalue weighted by Gasteiger charge is -2.16. The molecule has 3 aromatic rings. The molecule has 1 aromatic heterocycles. The molecule has 1 aliphatic rings. The summed E-state index contributed by atoms with van der Waals surface area (Å²) < 4.78 is 1.000. The minimum atomic E-state index is -0.0421. The molecule has 1 saturated carbocycles. The summed E-state index contributed by atoms with van der Waals surface area (Å²) in [4.78, 5) is 15.6. The van der Waals surface area contributed by atoms with Gasteiger partial charge in [-0.2, -0.15) is 0 Å². The van der Waals surface area contributed by atoms with E-state index < -0.39 is 0 Å². The van der Waals surface area contributed by atoms with Crippen LogP contribution in [0.15, 0.2) is 59.1 Å². The molecule has 1 fully saturated rings. The fraction of sp³-hybridized carbons (Fsp3) is 0.211. The summed E-state index contributed by atoms with van der Waals surface area (Å²) in [5.74, 6) is -0.0421. The van der Waals surface area contributed by atoms with E-state index in [1.54, 1.807) is 0 Å². The Hall–Kier alpha value is -2.07. The zero-order chi connectivity index (χ0) is 15.9. The zero-order valence-electron chi connectivity index (χ0n) is 12.6. The first-order valence-electron chi connectivity index (χ1n) is 7.78. The summed E-state index contributed by atoms with van der Waals surface area (Å²) in [6.07, 6.45) is 2.27. The number of halogens is 1. The fourth-order valence-electron chi connectivity index (χ4n) is 3.08. The van der Waals surface area contributed by atoms with Crippen LogP contribution < -0.4 is 5.32 Å². The standard InChI is InChI=1S/C19H17BrN2O/c20-15-7-6-13-10-17(22-16(13)11-15)18(23)21-12-19(8-9-19)14-4-2-1-3-5-14/h1-7,10-11,22H,8-9,12H2,(H,21,23). The Balaban J connectivity index is 1.49. The van der Waals surface area contributed by atoms with Gasteiger partial charge >= 0.3 is 0 Å². The molecule has 0 bridgehead atoms. The van der Waals surface area contributed by atoms with Crippen molar-refractivity contribution in [1.29, 1.82) is 0 Å². The number of carbonyl (C=O) groups is 1. The number of aromatic nitrogens is 1. The number of H-pyrrole nitrogens is 1. The lowest BCUT2D eigenvalue weighted by Crippen LogP contribution is -2.32. The van der Waals surface area contributed by atoms with Crippen molar-refractivity contribution in [3.05, 3.63) is 70.3 Å². The van der Waals surface area contributed by atoms with Crippen molar-refractivity contribution in [2.75, 3.05) is 6.54 Å². The number of hydrogen-bond acceptors (Lipinski definition) is 1. The second-order valence-electron chi connectivity index (χ2n) is 6.24. The van der Waals surface area contributed by atoms with Crippen LogP contribution in [0.3, 0.4) is 0 Å². The van der Waals surface area contributed by atoms with Gasteiger partial charge in [0.1, 0.15) is 5.69 Å². The lowest BCUT2D eigenvalue weighted by molar-refractivity contribution is 0.0945. The topological polar surface area (TPSA) is 44.9 Å². The molecule has 0 saturated heterocycles. The number of benzene rings is 2. The molecule has 0 radical (unpaired) electrons. The van der Waals surface area contributed by atoms with Gasteiger partial charge in [-0.1, -0.05) is 52.3 Å². The second-order valence-corrected chi connectivity index (χ2v) is 7.16. The highest BCUT2D eigenvalue weighted by Crippen LogP contribution is 2.47. The first-order valence-corrected chi connectivity index (χ1v) is 8.58. The van der Waals surface area contributed by atoms with Gasteiger partial charge in [0, 0.05) is 27.3 Å². The number of fused-ring (bicyclic) bond motifs is 1. The van der Waals surface area contributed by atoms with Crippen LogP contribution in [-0.4, -0.2) is 17.4 Å². The third kappa shape index (κ3) is 2.79. The highest BCUT2D eigenvalue weighted by molar-refractivity contribution is 9.10. The van der Waals surface area contributed by atoms with Gasteiger partial charge in [0.2, 0.25) is 0 Å². The largest absolute Gasteiger partial charge is 0.350 e. The summed E-state index contributed by atoms with van der Waals surface area (Å²) in [5, 5.41) is 4.14. The summed E-state index contributed by atoms with van der Waals surface area (Å²) >= 11 is 3.45. The number of aromatic amines is 1. The summed E-state index contributed by atoms with van der Waals surface area (Å²) in [6.45, 7) is 0.689. The Morgan fingerprint density at radius 2 is 1.91 bits per heavy atom. The summed E-state index contributed by atoms with van der Waals surface area (Å²) in [7, 11) is 0. The van der Waals surface area contributed by atoms with Crippen LogP contribution in [0.5, 0.6) is 0 Å². The van der Waals surface area contributed by atoms with E-state index in [1.807, 2.05) is 30.3 Å². The molecule has 1 amide bonds. The molecular formula is C19H17BrN2O. The van der Waals surface area contributed by atoms with Crippen LogP contribution in [0, 0.1) is 0 Å². The minimum Gasteiger partial charge on any atom is -0.350 e. The Kier molecular flexibility index (Phi) is 3.49. The zero-order valence-corrected chi connectivity index (χ0v) is 14.2. The number of rotatable bonds is 4. The van der Waals surface area contributed by atoms with Crippen molar-refractivity contribution < 1.29 is 4.79 Å². The van der Waals surface area contributed by atoms with Crippen LogP contribution in [-0.2, 0) is 5.41 Å². The first kappa shape index (κ1) is 14.5. The smallest absolute Gasteiger partial charge is 0.267 e. The fourth-order valence-corrected chi connectivity index (χ4v) is 3.44. The van der Waals surface area contributed by atoms with Gasteiger partial charge in [-0.3, -0.25) is 4.79 Å². The molecule has 2 aromatic carbocycles. The Morgan fingerprint density at radius 3 is 2.65 bits per heavy atom. The maximum absolute atomic E-state index is 12.5. The number of carbonyl (C=O) groups excluding carboxylic acids is 1. The predicted molar refractivity (Wildman–Crippen MR) is 95.7 cm³/mol. The minimum absolute atomic E-state index is 0.0421. The lowest BCUT2D eigenvalue weighted by atomic mass is 9.96. The molecular weight excluding hydrogens is 352 g/mol. The average molecular weight is 369 g/mol. The monoisotopic (exact) mass is 368 g/mol. The van der Waals surface area contributed by atoms with Crippen molar-refractivity contribution in [3.8, 4) is 0 Å². The number of amides is 1. The molecule has 1 heterocycles. The molecule has 2 N–H and O–H groups in total. The molecule has 0 unspecified atom stereocenters. The molecule has 3 nitrogen and oxygen atoms in total. The molecule has 1 aliphatic carbocycles. The first-order chi connectivity index (χ1) is 11.2. The molecule has 0 aliphatic heterocycles. The van der Waals surface area contributed by atoms with Gasteiger partial charge in [-0.15, -0.1) is 0 Å². The third-order valence-electron chi connectivity index (χ3n) is 4.66. The molecule has 4 rings (SSSR count). The highest BCUT2D eigenvalue weighted by Gasteiger charge is 2.44. The summed E-state index contributed by atoms with van der Waals surface area (Å²) in [6, 6.07) is 18.3. The van der Waals surface area contributed by atoms with Crippen LogP contribution in [0.2, 0.25) is 0 Å². The normalized spacial score (nSPS) is 15.5. The third-order valence-corrected chi connectivity index (χ3v) is 5.15. The van der Waals surface area contributed by atoms with Gasteiger partial charge in [-0.25, -0.2) is 0 Å². The maximum Gasteiger partial charge on any atom is 0.267 e. The van der Waals surface area contributed by atoms with E-state index in [0.717, 1.165) is 28.2 Å². The molecule has 0 atom stereocenters. The number of nitrogens with one attached hydrogen (secondary N) is 2. The Morgan fingerprint density at radius 1 is 1.13 bits per heavy atom. The van der Waals surface area contributed by atoms with E-state index in [0.29, 0.717) is 12.2 Å². The second kappa shape index (κ2) is 5.53. The average Bonchev–Trinajstić information content (AvgIpc) is 3.25.